The minimum absolute atomic E-state index is 0.0277. The molecule has 0 spiro atoms. The molecule has 22 heavy (non-hydrogen) atoms. The highest BCUT2D eigenvalue weighted by atomic mass is 79.9. The van der Waals surface area contributed by atoms with Gasteiger partial charge in [0.25, 0.3) is 0 Å². The van der Waals surface area contributed by atoms with Gasteiger partial charge in [0.2, 0.25) is 5.88 Å². The first-order valence-electron chi connectivity index (χ1n) is 6.67. The molecular weight excluding hydrogens is 348 g/mol. The lowest BCUT2D eigenvalue weighted by Crippen LogP contribution is -2.25. The fourth-order valence-corrected chi connectivity index (χ4v) is 2.67. The number of allylic oxidation sites excluding steroid dienone is 2. The third kappa shape index (κ3) is 2.85. The summed E-state index contributed by atoms with van der Waals surface area (Å²) in [4.78, 5) is 12.2. The molecule has 1 aromatic rings. The third-order valence-corrected chi connectivity index (χ3v) is 3.96. The first-order chi connectivity index (χ1) is 10.5. The maximum absolute atomic E-state index is 12.2. The number of halogens is 1. The van der Waals surface area contributed by atoms with Crippen molar-refractivity contribution in [2.45, 2.75) is 19.3 Å². The van der Waals surface area contributed by atoms with Gasteiger partial charge in [-0.15, -0.1) is 0 Å². The van der Waals surface area contributed by atoms with E-state index in [0.29, 0.717) is 17.8 Å². The molecule has 1 aliphatic heterocycles. The van der Waals surface area contributed by atoms with Crippen molar-refractivity contribution in [1.29, 1.82) is 5.26 Å². The second-order valence-corrected chi connectivity index (χ2v) is 5.57. The van der Waals surface area contributed by atoms with Crippen LogP contribution in [-0.2, 0) is 14.3 Å². The summed E-state index contributed by atoms with van der Waals surface area (Å²) < 4.78 is 11.2. The van der Waals surface area contributed by atoms with E-state index in [1.165, 1.54) is 7.11 Å². The van der Waals surface area contributed by atoms with Gasteiger partial charge in [-0.2, -0.15) is 5.26 Å². The number of hydrogen-bond donors (Lipinski definition) is 1. The first kappa shape index (κ1) is 16.1. The van der Waals surface area contributed by atoms with Gasteiger partial charge >= 0.3 is 5.97 Å². The van der Waals surface area contributed by atoms with E-state index in [4.69, 9.17) is 15.2 Å². The van der Waals surface area contributed by atoms with Gasteiger partial charge in [-0.05, 0) is 17.7 Å². The average molecular weight is 363 g/mol. The van der Waals surface area contributed by atoms with Crippen LogP contribution < -0.4 is 5.73 Å². The Morgan fingerprint density at radius 1 is 1.45 bits per heavy atom. The van der Waals surface area contributed by atoms with E-state index in [-0.39, 0.29) is 11.5 Å². The molecule has 1 aliphatic rings. The van der Waals surface area contributed by atoms with Crippen molar-refractivity contribution < 1.29 is 14.3 Å². The Bertz CT molecular complexity index is 699. The quantitative estimate of drug-likeness (QED) is 0.835. The Morgan fingerprint density at radius 2 is 2.09 bits per heavy atom. The van der Waals surface area contributed by atoms with Gasteiger partial charge in [0.05, 0.1) is 18.6 Å². The molecule has 0 saturated carbocycles. The van der Waals surface area contributed by atoms with E-state index in [2.05, 4.69) is 15.9 Å². The summed E-state index contributed by atoms with van der Waals surface area (Å²) in [5.41, 5.74) is 7.16. The molecule has 0 aliphatic carbocycles. The summed E-state index contributed by atoms with van der Waals surface area (Å²) in [5, 5.41) is 9.43. The Labute approximate surface area is 137 Å². The van der Waals surface area contributed by atoms with Gasteiger partial charge in [-0.25, -0.2) is 4.79 Å². The first-order valence-corrected chi connectivity index (χ1v) is 7.47. The van der Waals surface area contributed by atoms with E-state index >= 15 is 0 Å². The maximum Gasteiger partial charge on any atom is 0.338 e. The second-order valence-electron chi connectivity index (χ2n) is 4.66. The highest BCUT2D eigenvalue weighted by Gasteiger charge is 2.36. The van der Waals surface area contributed by atoms with Crippen LogP contribution in [0.4, 0.5) is 0 Å². The van der Waals surface area contributed by atoms with Crippen LogP contribution in [0.1, 0.15) is 24.8 Å². The number of nitrogens with two attached hydrogens (primary N) is 1. The van der Waals surface area contributed by atoms with E-state index in [1.54, 1.807) is 0 Å². The number of carbonyl (C=O) groups excluding carboxylic acids is 1. The normalized spacial score (nSPS) is 17.8. The van der Waals surface area contributed by atoms with Crippen LogP contribution in [0.3, 0.4) is 0 Å². The number of nitriles is 1. The van der Waals surface area contributed by atoms with Gasteiger partial charge in [0.15, 0.2) is 0 Å². The van der Waals surface area contributed by atoms with E-state index in [0.717, 1.165) is 10.0 Å². The largest absolute Gasteiger partial charge is 0.466 e. The van der Waals surface area contributed by atoms with Crippen LogP contribution in [0.5, 0.6) is 0 Å². The highest BCUT2D eigenvalue weighted by molar-refractivity contribution is 9.10. The second kappa shape index (κ2) is 6.67. The fourth-order valence-electron chi connectivity index (χ4n) is 2.40. The number of nitrogens with zero attached hydrogens (tertiary/aromatic N) is 1. The van der Waals surface area contributed by atoms with Crippen molar-refractivity contribution in [3.05, 3.63) is 57.1 Å². The summed E-state index contributed by atoms with van der Waals surface area (Å²) >= 11 is 3.37. The van der Waals surface area contributed by atoms with Crippen molar-refractivity contribution in [1.82, 2.24) is 0 Å². The van der Waals surface area contributed by atoms with Crippen molar-refractivity contribution in [2.75, 3.05) is 7.11 Å². The molecule has 2 N–H and O–H groups in total. The van der Waals surface area contributed by atoms with Crippen molar-refractivity contribution in [2.24, 2.45) is 5.73 Å². The van der Waals surface area contributed by atoms with Crippen LogP contribution in [0.2, 0.25) is 0 Å². The molecule has 0 saturated heterocycles. The summed E-state index contributed by atoms with van der Waals surface area (Å²) in [6.07, 6.45) is 0.469. The lowest BCUT2D eigenvalue weighted by atomic mass is 9.82. The lowest BCUT2D eigenvalue weighted by molar-refractivity contribution is -0.136. The van der Waals surface area contributed by atoms with E-state index in [1.807, 2.05) is 37.3 Å². The Kier molecular flexibility index (Phi) is 4.88. The van der Waals surface area contributed by atoms with E-state index < -0.39 is 11.9 Å². The smallest absolute Gasteiger partial charge is 0.338 e. The summed E-state index contributed by atoms with van der Waals surface area (Å²) in [6, 6.07) is 9.40. The number of carbonyl (C=O) groups is 1. The minimum Gasteiger partial charge on any atom is -0.466 e. The van der Waals surface area contributed by atoms with Crippen LogP contribution in [-0.4, -0.2) is 13.1 Å². The van der Waals surface area contributed by atoms with Gasteiger partial charge in [0.1, 0.15) is 17.4 Å². The minimum atomic E-state index is -0.589. The number of rotatable bonds is 3. The SMILES string of the molecule is CCC1=C(C(=O)OC)C(c2ccc(Br)cc2)C(C#N)=C(N)O1. The third-order valence-electron chi connectivity index (χ3n) is 3.43. The zero-order valence-corrected chi connectivity index (χ0v) is 13.8. The predicted molar refractivity (Wildman–Crippen MR) is 84.1 cm³/mol. The number of methoxy groups -OCH3 is 1. The summed E-state index contributed by atoms with van der Waals surface area (Å²) in [7, 11) is 1.30. The monoisotopic (exact) mass is 362 g/mol. The average Bonchev–Trinajstić information content (AvgIpc) is 2.53. The van der Waals surface area contributed by atoms with Gasteiger partial charge < -0.3 is 15.2 Å². The lowest BCUT2D eigenvalue weighted by Gasteiger charge is -2.27. The fraction of sp³-hybridized carbons (Fsp3) is 0.250. The predicted octanol–water partition coefficient (Wildman–Crippen LogP) is 3.09. The maximum atomic E-state index is 12.2. The Morgan fingerprint density at radius 3 is 2.59 bits per heavy atom. The van der Waals surface area contributed by atoms with Gasteiger partial charge in [0, 0.05) is 10.9 Å². The molecular formula is C16H15BrN2O3. The summed E-state index contributed by atoms with van der Waals surface area (Å²) in [5.74, 6) is -0.657. The molecule has 0 amide bonds. The molecule has 0 fully saturated rings. The topological polar surface area (TPSA) is 85.3 Å². The van der Waals surface area contributed by atoms with Crippen LogP contribution in [0.15, 0.2) is 51.5 Å². The molecule has 0 radical (unpaired) electrons. The van der Waals surface area contributed by atoms with E-state index in [9.17, 15) is 10.1 Å². The molecule has 1 heterocycles. The molecule has 114 valence electrons. The van der Waals surface area contributed by atoms with Crippen LogP contribution in [0, 0.1) is 11.3 Å². The van der Waals surface area contributed by atoms with Crippen molar-refractivity contribution in [3.8, 4) is 6.07 Å². The molecule has 0 bridgehead atoms. The van der Waals surface area contributed by atoms with Gasteiger partial charge in [-0.1, -0.05) is 35.0 Å². The molecule has 1 atom stereocenters. The van der Waals surface area contributed by atoms with Crippen molar-refractivity contribution in [3.63, 3.8) is 0 Å². The molecule has 0 aromatic heterocycles. The number of benzene rings is 1. The van der Waals surface area contributed by atoms with Crippen molar-refractivity contribution >= 4 is 21.9 Å². The molecule has 6 heteroatoms. The highest BCUT2D eigenvalue weighted by Crippen LogP contribution is 2.40. The van der Waals surface area contributed by atoms with Gasteiger partial charge in [-0.3, -0.25) is 0 Å². The van der Waals surface area contributed by atoms with Crippen LogP contribution >= 0.6 is 15.9 Å². The molecule has 1 aromatic carbocycles. The molecule has 2 rings (SSSR count). The summed E-state index contributed by atoms with van der Waals surface area (Å²) in [6.45, 7) is 1.85. The molecule has 5 nitrogen and oxygen atoms in total. The van der Waals surface area contributed by atoms with Crippen LogP contribution in [0.25, 0.3) is 0 Å². The number of esters is 1. The molecule has 1 unspecified atom stereocenters. The Hall–Kier alpha value is -2.26. The zero-order chi connectivity index (χ0) is 16.3. The standard InChI is InChI=1S/C16H15BrN2O3/c1-3-12-14(16(20)21-2)13(11(8-18)15(19)22-12)9-4-6-10(17)7-5-9/h4-7,13H,3,19H2,1-2H3. The number of hydrogen-bond acceptors (Lipinski definition) is 5. The Balaban J connectivity index is 2.66. The zero-order valence-electron chi connectivity index (χ0n) is 12.2. The number of ether oxygens (including phenoxy) is 2.